The predicted molar refractivity (Wildman–Crippen MR) is 90.5 cm³/mol. The lowest BCUT2D eigenvalue weighted by Crippen LogP contribution is -2.28. The molecule has 2 aromatic rings. The summed E-state index contributed by atoms with van der Waals surface area (Å²) in [6.07, 6.45) is 2.27. The number of carbonyl (C=O) groups excluding carboxylic acids is 1. The minimum Gasteiger partial charge on any atom is -0.376 e. The van der Waals surface area contributed by atoms with E-state index >= 15 is 0 Å². The molecule has 1 aromatic heterocycles. The van der Waals surface area contributed by atoms with Gasteiger partial charge in [0.05, 0.1) is 24.4 Å². The molecule has 7 nitrogen and oxygen atoms in total. The molecule has 1 aliphatic rings. The molecule has 1 unspecified atom stereocenters. The van der Waals surface area contributed by atoms with Crippen molar-refractivity contribution in [2.75, 3.05) is 12.4 Å². The third kappa shape index (κ3) is 4.55. The van der Waals surface area contributed by atoms with Crippen LogP contribution in [0.15, 0.2) is 35.5 Å². The van der Waals surface area contributed by atoms with Crippen molar-refractivity contribution in [3.8, 4) is 0 Å². The summed E-state index contributed by atoms with van der Waals surface area (Å²) in [6, 6.07) is 9.86. The molecule has 0 saturated carbocycles. The number of carbonyl (C=O) groups is 1. The molecular formula is C16H21N5O2S. The van der Waals surface area contributed by atoms with Gasteiger partial charge in [0.25, 0.3) is 0 Å². The van der Waals surface area contributed by atoms with Gasteiger partial charge >= 0.3 is 0 Å². The van der Waals surface area contributed by atoms with Crippen molar-refractivity contribution < 1.29 is 9.53 Å². The molecule has 8 heteroatoms. The van der Waals surface area contributed by atoms with Crippen molar-refractivity contribution in [2.45, 2.75) is 43.6 Å². The van der Waals surface area contributed by atoms with E-state index in [1.807, 2.05) is 37.3 Å². The maximum absolute atomic E-state index is 12.1. The number of ether oxygens (including phenoxy) is 1. The van der Waals surface area contributed by atoms with Gasteiger partial charge in [-0.2, -0.15) is 0 Å². The summed E-state index contributed by atoms with van der Waals surface area (Å²) in [5.41, 5.74) is 1.08. The Morgan fingerprint density at radius 1 is 1.46 bits per heavy atom. The highest BCUT2D eigenvalue weighted by Gasteiger charge is 2.19. The summed E-state index contributed by atoms with van der Waals surface area (Å²) in [7, 11) is 0. The Morgan fingerprint density at radius 2 is 2.29 bits per heavy atom. The van der Waals surface area contributed by atoms with E-state index in [0.29, 0.717) is 11.7 Å². The molecule has 1 fully saturated rings. The van der Waals surface area contributed by atoms with E-state index in [9.17, 15) is 4.79 Å². The molecule has 1 saturated heterocycles. The second-order valence-corrected chi connectivity index (χ2v) is 6.71. The van der Waals surface area contributed by atoms with Crippen molar-refractivity contribution in [2.24, 2.45) is 0 Å². The molecule has 1 N–H and O–H groups in total. The number of nitrogens with zero attached hydrogens (tertiary/aromatic N) is 4. The molecule has 1 aromatic carbocycles. The predicted octanol–water partition coefficient (Wildman–Crippen LogP) is 1.82. The van der Waals surface area contributed by atoms with Crippen LogP contribution in [0.5, 0.6) is 0 Å². The number of nitrogens with one attached hydrogen (secondary N) is 1. The van der Waals surface area contributed by atoms with Gasteiger partial charge in [-0.3, -0.25) is 4.79 Å². The van der Waals surface area contributed by atoms with Gasteiger partial charge in [-0.05, 0) is 35.8 Å². The number of thioether (sulfide) groups is 1. The van der Waals surface area contributed by atoms with Crippen molar-refractivity contribution in [3.05, 3.63) is 35.9 Å². The monoisotopic (exact) mass is 347 g/mol. The van der Waals surface area contributed by atoms with Crippen LogP contribution in [0.2, 0.25) is 0 Å². The number of amides is 1. The SMILES string of the molecule is C[C@@H](NC(=O)CSc1nnnn1CC1CCCO1)c1ccccc1. The number of hydrogen-bond donors (Lipinski definition) is 1. The van der Waals surface area contributed by atoms with Crippen LogP contribution >= 0.6 is 11.8 Å². The number of tetrazole rings is 1. The van der Waals surface area contributed by atoms with Crippen LogP contribution in [0.4, 0.5) is 0 Å². The summed E-state index contributed by atoms with van der Waals surface area (Å²) in [4.78, 5) is 12.1. The van der Waals surface area contributed by atoms with Crippen molar-refractivity contribution in [3.63, 3.8) is 0 Å². The second kappa shape index (κ2) is 8.25. The molecular weight excluding hydrogens is 326 g/mol. The lowest BCUT2D eigenvalue weighted by atomic mass is 10.1. The summed E-state index contributed by atoms with van der Waals surface area (Å²) in [5.74, 6) is 0.242. The van der Waals surface area contributed by atoms with Gasteiger partial charge in [0.2, 0.25) is 11.1 Å². The van der Waals surface area contributed by atoms with E-state index in [0.717, 1.165) is 25.0 Å². The lowest BCUT2D eigenvalue weighted by Gasteiger charge is -2.14. The van der Waals surface area contributed by atoms with Crippen LogP contribution in [-0.2, 0) is 16.1 Å². The Balaban J connectivity index is 1.48. The summed E-state index contributed by atoms with van der Waals surface area (Å²) in [5, 5.41) is 15.3. The zero-order chi connectivity index (χ0) is 16.8. The van der Waals surface area contributed by atoms with Gasteiger partial charge in [-0.15, -0.1) is 5.10 Å². The van der Waals surface area contributed by atoms with Crippen LogP contribution < -0.4 is 5.32 Å². The molecule has 0 bridgehead atoms. The van der Waals surface area contributed by atoms with E-state index in [4.69, 9.17) is 4.74 Å². The normalized spacial score (nSPS) is 18.5. The van der Waals surface area contributed by atoms with Gasteiger partial charge < -0.3 is 10.1 Å². The molecule has 3 rings (SSSR count). The molecule has 128 valence electrons. The number of aromatic nitrogens is 4. The quantitative estimate of drug-likeness (QED) is 0.770. The number of rotatable bonds is 7. The van der Waals surface area contributed by atoms with Crippen LogP contribution in [-0.4, -0.2) is 44.6 Å². The first-order valence-electron chi connectivity index (χ1n) is 8.07. The zero-order valence-corrected chi connectivity index (χ0v) is 14.4. The van der Waals surface area contributed by atoms with Crippen LogP contribution in [0, 0.1) is 0 Å². The summed E-state index contributed by atoms with van der Waals surface area (Å²) in [6.45, 7) is 3.41. The van der Waals surface area contributed by atoms with Crippen LogP contribution in [0.3, 0.4) is 0 Å². The minimum absolute atomic E-state index is 0.0258. The first-order chi connectivity index (χ1) is 11.7. The first-order valence-corrected chi connectivity index (χ1v) is 9.06. The highest BCUT2D eigenvalue weighted by atomic mass is 32.2. The minimum atomic E-state index is -0.0389. The third-order valence-corrected chi connectivity index (χ3v) is 4.87. The Labute approximate surface area is 145 Å². The van der Waals surface area contributed by atoms with Crippen molar-refractivity contribution in [1.29, 1.82) is 0 Å². The standard InChI is InChI=1S/C16H21N5O2S/c1-12(13-6-3-2-4-7-13)17-15(22)11-24-16-18-19-20-21(16)10-14-8-5-9-23-14/h2-4,6-7,12,14H,5,8-11H2,1H3,(H,17,22)/t12-,14?/m1/s1. The maximum Gasteiger partial charge on any atom is 0.230 e. The second-order valence-electron chi connectivity index (χ2n) is 5.77. The molecule has 1 aliphatic heterocycles. The third-order valence-electron chi connectivity index (χ3n) is 3.91. The largest absolute Gasteiger partial charge is 0.376 e. The average Bonchev–Trinajstić information content (AvgIpc) is 3.26. The van der Waals surface area contributed by atoms with E-state index in [-0.39, 0.29) is 23.8 Å². The highest BCUT2D eigenvalue weighted by molar-refractivity contribution is 7.99. The zero-order valence-electron chi connectivity index (χ0n) is 13.6. The van der Waals surface area contributed by atoms with Crippen molar-refractivity contribution in [1.82, 2.24) is 25.5 Å². The van der Waals surface area contributed by atoms with Gasteiger partial charge in [0.1, 0.15) is 0 Å². The van der Waals surface area contributed by atoms with Gasteiger partial charge in [-0.1, -0.05) is 42.1 Å². The lowest BCUT2D eigenvalue weighted by molar-refractivity contribution is -0.119. The highest BCUT2D eigenvalue weighted by Crippen LogP contribution is 2.18. The van der Waals surface area contributed by atoms with Crippen molar-refractivity contribution >= 4 is 17.7 Å². The summed E-state index contributed by atoms with van der Waals surface area (Å²) < 4.78 is 7.32. The fourth-order valence-corrected chi connectivity index (χ4v) is 3.33. The number of benzene rings is 1. The fourth-order valence-electron chi connectivity index (χ4n) is 2.63. The molecule has 0 aliphatic carbocycles. The Hall–Kier alpha value is -1.93. The van der Waals surface area contributed by atoms with E-state index in [1.54, 1.807) is 4.68 Å². The van der Waals surface area contributed by atoms with Gasteiger partial charge in [0, 0.05) is 6.61 Å². The van der Waals surface area contributed by atoms with Gasteiger partial charge in [0.15, 0.2) is 0 Å². The molecule has 0 radical (unpaired) electrons. The Kier molecular flexibility index (Phi) is 5.81. The van der Waals surface area contributed by atoms with Gasteiger partial charge in [-0.25, -0.2) is 4.68 Å². The van der Waals surface area contributed by atoms with E-state index in [1.165, 1.54) is 11.8 Å². The molecule has 0 spiro atoms. The molecule has 2 heterocycles. The average molecular weight is 347 g/mol. The number of hydrogen-bond acceptors (Lipinski definition) is 6. The Bertz CT molecular complexity index is 657. The fraction of sp³-hybridized carbons (Fsp3) is 0.500. The van der Waals surface area contributed by atoms with Crippen LogP contribution in [0.25, 0.3) is 0 Å². The topological polar surface area (TPSA) is 81.9 Å². The molecule has 2 atom stereocenters. The van der Waals surface area contributed by atoms with E-state index < -0.39 is 0 Å². The summed E-state index contributed by atoms with van der Waals surface area (Å²) >= 11 is 1.34. The maximum atomic E-state index is 12.1. The molecule has 24 heavy (non-hydrogen) atoms. The first kappa shape index (κ1) is 16.9. The molecule has 1 amide bonds. The van der Waals surface area contributed by atoms with Crippen LogP contribution in [0.1, 0.15) is 31.4 Å². The smallest absolute Gasteiger partial charge is 0.230 e. The van der Waals surface area contributed by atoms with E-state index in [2.05, 4.69) is 20.8 Å². The Morgan fingerprint density at radius 3 is 3.04 bits per heavy atom.